The summed E-state index contributed by atoms with van der Waals surface area (Å²) in [7, 11) is 0. The van der Waals surface area contributed by atoms with Crippen LogP contribution < -0.4 is 0 Å². The number of rotatable bonds is 4. The predicted molar refractivity (Wildman–Crippen MR) is 74.9 cm³/mol. The molecule has 3 rings (SSSR count). The molecule has 0 aromatic heterocycles. The number of nitro benzene ring substituents is 1. The fourth-order valence-electron chi connectivity index (χ4n) is 2.34. The molecule has 0 heterocycles. The summed E-state index contributed by atoms with van der Waals surface area (Å²) in [5.74, 6) is 0.104. The second kappa shape index (κ2) is 4.89. The maximum atomic E-state index is 12.3. The van der Waals surface area contributed by atoms with Gasteiger partial charge < -0.3 is 0 Å². The minimum Gasteiger partial charge on any atom is -0.289 e. The van der Waals surface area contributed by atoms with Crippen molar-refractivity contribution in [3.63, 3.8) is 0 Å². The Labute approximate surface area is 116 Å². The van der Waals surface area contributed by atoms with E-state index >= 15 is 0 Å². The number of nitrogens with zero attached hydrogens (tertiary/aromatic N) is 1. The monoisotopic (exact) mass is 267 g/mol. The zero-order valence-corrected chi connectivity index (χ0v) is 10.8. The Morgan fingerprint density at radius 3 is 2.35 bits per heavy atom. The molecule has 0 amide bonds. The number of carbonyl (C=O) groups is 1. The van der Waals surface area contributed by atoms with Gasteiger partial charge in [0.25, 0.3) is 5.69 Å². The van der Waals surface area contributed by atoms with Gasteiger partial charge in [-0.1, -0.05) is 42.5 Å². The second-order valence-electron chi connectivity index (χ2n) is 5.00. The van der Waals surface area contributed by atoms with Crippen molar-refractivity contribution in [1.82, 2.24) is 0 Å². The SMILES string of the molecule is O=C(c1ccccc1)c1ccc(C2CC2)c([N+](=O)[O-])c1. The third-order valence-electron chi connectivity index (χ3n) is 3.54. The first-order valence-corrected chi connectivity index (χ1v) is 6.55. The van der Waals surface area contributed by atoms with Gasteiger partial charge >= 0.3 is 0 Å². The molecule has 0 unspecified atom stereocenters. The molecule has 4 nitrogen and oxygen atoms in total. The molecular formula is C16H13NO3. The van der Waals surface area contributed by atoms with Gasteiger partial charge in [0.15, 0.2) is 5.78 Å². The van der Waals surface area contributed by atoms with Crippen LogP contribution >= 0.6 is 0 Å². The molecule has 2 aromatic carbocycles. The van der Waals surface area contributed by atoms with Crippen LogP contribution in [0.2, 0.25) is 0 Å². The highest BCUT2D eigenvalue weighted by atomic mass is 16.6. The zero-order chi connectivity index (χ0) is 14.1. The maximum Gasteiger partial charge on any atom is 0.273 e. The Bertz CT molecular complexity index is 675. The minimum atomic E-state index is -0.393. The molecule has 0 atom stereocenters. The molecule has 1 aliphatic rings. The van der Waals surface area contributed by atoms with Crippen LogP contribution in [0.5, 0.6) is 0 Å². The number of benzene rings is 2. The molecule has 1 aliphatic carbocycles. The van der Waals surface area contributed by atoms with Crippen LogP contribution in [0, 0.1) is 10.1 Å². The van der Waals surface area contributed by atoms with E-state index in [4.69, 9.17) is 0 Å². The van der Waals surface area contributed by atoms with Crippen LogP contribution in [0.3, 0.4) is 0 Å². The van der Waals surface area contributed by atoms with Gasteiger partial charge in [0, 0.05) is 22.8 Å². The molecule has 20 heavy (non-hydrogen) atoms. The summed E-state index contributed by atoms with van der Waals surface area (Å²) in [4.78, 5) is 23.1. The Balaban J connectivity index is 2.00. The van der Waals surface area contributed by atoms with Crippen molar-refractivity contribution in [2.45, 2.75) is 18.8 Å². The van der Waals surface area contributed by atoms with E-state index in [1.807, 2.05) is 6.07 Å². The van der Waals surface area contributed by atoms with Gasteiger partial charge in [0.2, 0.25) is 0 Å². The molecular weight excluding hydrogens is 254 g/mol. The van der Waals surface area contributed by atoms with E-state index in [-0.39, 0.29) is 17.4 Å². The molecule has 0 bridgehead atoms. The highest BCUT2D eigenvalue weighted by Crippen LogP contribution is 2.44. The number of carbonyl (C=O) groups excluding carboxylic acids is 1. The highest BCUT2D eigenvalue weighted by molar-refractivity contribution is 6.09. The second-order valence-corrected chi connectivity index (χ2v) is 5.00. The fourth-order valence-corrected chi connectivity index (χ4v) is 2.34. The smallest absolute Gasteiger partial charge is 0.273 e. The molecule has 0 saturated heterocycles. The van der Waals surface area contributed by atoms with Crippen LogP contribution in [0.4, 0.5) is 5.69 Å². The van der Waals surface area contributed by atoms with Crippen LogP contribution in [0.25, 0.3) is 0 Å². The molecule has 0 aliphatic heterocycles. The molecule has 100 valence electrons. The number of hydrogen-bond acceptors (Lipinski definition) is 3. The Morgan fingerprint density at radius 1 is 1.05 bits per heavy atom. The Morgan fingerprint density at radius 2 is 1.75 bits per heavy atom. The molecule has 1 saturated carbocycles. The summed E-state index contributed by atoms with van der Waals surface area (Å²) in [6.45, 7) is 0. The van der Waals surface area contributed by atoms with Crippen molar-refractivity contribution >= 4 is 11.5 Å². The highest BCUT2D eigenvalue weighted by Gasteiger charge is 2.31. The first kappa shape index (κ1) is 12.5. The quantitative estimate of drug-likeness (QED) is 0.482. The van der Waals surface area contributed by atoms with Gasteiger partial charge in [-0.2, -0.15) is 0 Å². The number of hydrogen-bond donors (Lipinski definition) is 0. The van der Waals surface area contributed by atoms with E-state index in [9.17, 15) is 14.9 Å². The minimum absolute atomic E-state index is 0.0641. The maximum absolute atomic E-state index is 12.3. The van der Waals surface area contributed by atoms with Crippen molar-refractivity contribution in [3.05, 3.63) is 75.3 Å². The van der Waals surface area contributed by atoms with Crippen LogP contribution in [0.15, 0.2) is 48.5 Å². The van der Waals surface area contributed by atoms with Crippen molar-refractivity contribution in [2.24, 2.45) is 0 Å². The van der Waals surface area contributed by atoms with Crippen molar-refractivity contribution in [1.29, 1.82) is 0 Å². The molecule has 1 fully saturated rings. The zero-order valence-electron chi connectivity index (χ0n) is 10.8. The van der Waals surface area contributed by atoms with Gasteiger partial charge in [0.05, 0.1) is 4.92 Å². The summed E-state index contributed by atoms with van der Waals surface area (Å²) in [6.07, 6.45) is 1.99. The van der Waals surface area contributed by atoms with Gasteiger partial charge in [-0.25, -0.2) is 0 Å². The largest absolute Gasteiger partial charge is 0.289 e. The molecule has 4 heteroatoms. The summed E-state index contributed by atoms with van der Waals surface area (Å²) in [5.41, 5.74) is 1.72. The lowest BCUT2D eigenvalue weighted by molar-refractivity contribution is -0.385. The molecule has 0 spiro atoms. The van der Waals surface area contributed by atoms with E-state index in [2.05, 4.69) is 0 Å². The normalized spacial score (nSPS) is 14.0. The van der Waals surface area contributed by atoms with E-state index in [1.54, 1.807) is 36.4 Å². The summed E-state index contributed by atoms with van der Waals surface area (Å²) in [6, 6.07) is 13.6. The lowest BCUT2D eigenvalue weighted by Crippen LogP contribution is -2.03. The Hall–Kier alpha value is -2.49. The predicted octanol–water partition coefficient (Wildman–Crippen LogP) is 3.70. The van der Waals surface area contributed by atoms with Crippen molar-refractivity contribution in [3.8, 4) is 0 Å². The lowest BCUT2D eigenvalue weighted by atomic mass is 9.99. The Kier molecular flexibility index (Phi) is 3.06. The molecule has 0 N–H and O–H groups in total. The van der Waals surface area contributed by atoms with Gasteiger partial charge in [0.1, 0.15) is 0 Å². The topological polar surface area (TPSA) is 60.2 Å². The van der Waals surface area contributed by atoms with Crippen LogP contribution in [-0.2, 0) is 0 Å². The molecule has 0 radical (unpaired) electrons. The third kappa shape index (κ3) is 2.32. The number of nitro groups is 1. The van der Waals surface area contributed by atoms with Crippen LogP contribution in [0.1, 0.15) is 40.2 Å². The van der Waals surface area contributed by atoms with E-state index in [0.717, 1.165) is 18.4 Å². The lowest BCUT2D eigenvalue weighted by Gasteiger charge is -2.05. The fraction of sp³-hybridized carbons (Fsp3) is 0.188. The number of ketones is 1. The third-order valence-corrected chi connectivity index (χ3v) is 3.54. The van der Waals surface area contributed by atoms with E-state index in [1.165, 1.54) is 6.07 Å². The average molecular weight is 267 g/mol. The van der Waals surface area contributed by atoms with Gasteiger partial charge in [-0.05, 0) is 18.8 Å². The van der Waals surface area contributed by atoms with E-state index < -0.39 is 4.92 Å². The molecule has 2 aromatic rings. The van der Waals surface area contributed by atoms with Crippen LogP contribution in [-0.4, -0.2) is 10.7 Å². The first-order valence-electron chi connectivity index (χ1n) is 6.55. The average Bonchev–Trinajstić information content (AvgIpc) is 3.31. The summed E-state index contributed by atoms with van der Waals surface area (Å²) < 4.78 is 0. The first-order chi connectivity index (χ1) is 9.66. The van der Waals surface area contributed by atoms with Gasteiger partial charge in [-0.3, -0.25) is 14.9 Å². The standard InChI is InChI=1S/C16H13NO3/c18-16(12-4-2-1-3-5-12)13-8-9-14(11-6-7-11)15(10-13)17(19)20/h1-5,8-11H,6-7H2. The van der Waals surface area contributed by atoms with E-state index in [0.29, 0.717) is 11.1 Å². The summed E-state index contributed by atoms with van der Waals surface area (Å²) >= 11 is 0. The summed E-state index contributed by atoms with van der Waals surface area (Å²) in [5, 5.41) is 11.2. The van der Waals surface area contributed by atoms with Crippen molar-refractivity contribution < 1.29 is 9.72 Å². The van der Waals surface area contributed by atoms with Gasteiger partial charge in [-0.15, -0.1) is 0 Å². The van der Waals surface area contributed by atoms with Crippen molar-refractivity contribution in [2.75, 3.05) is 0 Å².